The van der Waals surface area contributed by atoms with Gasteiger partial charge >= 0.3 is 0 Å². The van der Waals surface area contributed by atoms with Crippen LogP contribution in [0.1, 0.15) is 5.56 Å². The number of halogens is 2. The molecule has 0 saturated heterocycles. The molecule has 0 saturated carbocycles. The molecule has 0 fully saturated rings. The van der Waals surface area contributed by atoms with E-state index >= 15 is 0 Å². The van der Waals surface area contributed by atoms with Crippen LogP contribution in [0.3, 0.4) is 0 Å². The Bertz CT molecular complexity index is 495. The lowest BCUT2D eigenvalue weighted by atomic mass is 10.0. The van der Waals surface area contributed by atoms with Crippen LogP contribution in [0.4, 0.5) is 8.78 Å². The summed E-state index contributed by atoms with van der Waals surface area (Å²) in [5.41, 5.74) is 2.00. The fourth-order valence-corrected chi connectivity index (χ4v) is 1.48. The van der Waals surface area contributed by atoms with Crippen LogP contribution in [0.25, 0.3) is 11.1 Å². The summed E-state index contributed by atoms with van der Waals surface area (Å²) in [5.74, 6) is -1.12. The van der Waals surface area contributed by atoms with Gasteiger partial charge in [-0.15, -0.1) is 0 Å². The minimum absolute atomic E-state index is 0.399. The van der Waals surface area contributed by atoms with Crippen molar-refractivity contribution in [3.8, 4) is 11.1 Å². The van der Waals surface area contributed by atoms with Crippen molar-refractivity contribution in [1.29, 1.82) is 0 Å². The third-order valence-electron chi connectivity index (χ3n) is 2.24. The van der Waals surface area contributed by atoms with Crippen molar-refractivity contribution in [1.82, 2.24) is 4.98 Å². The van der Waals surface area contributed by atoms with Crippen LogP contribution in [-0.4, -0.2) is 4.98 Å². The maximum atomic E-state index is 13.5. The lowest BCUT2D eigenvalue weighted by Gasteiger charge is -2.06. The topological polar surface area (TPSA) is 12.9 Å². The van der Waals surface area contributed by atoms with Crippen LogP contribution in [0.2, 0.25) is 0 Å². The van der Waals surface area contributed by atoms with E-state index in [2.05, 4.69) is 4.98 Å². The summed E-state index contributed by atoms with van der Waals surface area (Å²) in [6.45, 7) is 1.84. The molecule has 3 heteroatoms. The van der Waals surface area contributed by atoms with E-state index in [1.165, 1.54) is 12.1 Å². The van der Waals surface area contributed by atoms with Crippen molar-refractivity contribution in [3.63, 3.8) is 0 Å². The second-order valence-corrected chi connectivity index (χ2v) is 3.31. The molecule has 15 heavy (non-hydrogen) atoms. The van der Waals surface area contributed by atoms with E-state index < -0.39 is 11.6 Å². The largest absolute Gasteiger partial charge is 0.264 e. The molecular formula is C12H9F2N. The van der Waals surface area contributed by atoms with Crippen LogP contribution in [0, 0.1) is 18.6 Å². The number of pyridine rings is 1. The number of aromatic nitrogens is 1. The van der Waals surface area contributed by atoms with E-state index in [1.54, 1.807) is 18.5 Å². The van der Waals surface area contributed by atoms with Gasteiger partial charge in [0.05, 0.1) is 0 Å². The van der Waals surface area contributed by atoms with Crippen LogP contribution < -0.4 is 0 Å². The van der Waals surface area contributed by atoms with Crippen molar-refractivity contribution in [2.75, 3.05) is 0 Å². The molecule has 0 bridgehead atoms. The second kappa shape index (κ2) is 3.77. The highest BCUT2D eigenvalue weighted by molar-refractivity contribution is 5.66. The van der Waals surface area contributed by atoms with Gasteiger partial charge in [0.2, 0.25) is 0 Å². The molecule has 1 heterocycles. The minimum Gasteiger partial charge on any atom is -0.264 e. The van der Waals surface area contributed by atoms with Crippen molar-refractivity contribution in [2.45, 2.75) is 6.92 Å². The Morgan fingerprint density at radius 1 is 1.07 bits per heavy atom. The third kappa shape index (κ3) is 1.86. The van der Waals surface area contributed by atoms with Crippen LogP contribution >= 0.6 is 0 Å². The first-order valence-electron chi connectivity index (χ1n) is 4.54. The van der Waals surface area contributed by atoms with Gasteiger partial charge in [0.15, 0.2) is 0 Å². The summed E-state index contributed by atoms with van der Waals surface area (Å²) in [5, 5.41) is 0. The molecule has 0 unspecified atom stereocenters. The molecular weight excluding hydrogens is 196 g/mol. The van der Waals surface area contributed by atoms with E-state index in [9.17, 15) is 8.78 Å². The first kappa shape index (κ1) is 9.77. The fraction of sp³-hybridized carbons (Fsp3) is 0.0833. The highest BCUT2D eigenvalue weighted by Crippen LogP contribution is 2.25. The van der Waals surface area contributed by atoms with Gasteiger partial charge in [-0.2, -0.15) is 0 Å². The third-order valence-corrected chi connectivity index (χ3v) is 2.24. The predicted molar refractivity (Wildman–Crippen MR) is 54.3 cm³/mol. The lowest BCUT2D eigenvalue weighted by molar-refractivity contribution is 0.585. The van der Waals surface area contributed by atoms with Gasteiger partial charge in [0, 0.05) is 24.0 Å². The number of hydrogen-bond acceptors (Lipinski definition) is 1. The molecule has 0 amide bonds. The molecule has 0 aliphatic heterocycles. The first-order valence-corrected chi connectivity index (χ1v) is 4.54. The number of benzene rings is 1. The number of rotatable bonds is 1. The van der Waals surface area contributed by atoms with Gasteiger partial charge in [0.25, 0.3) is 0 Å². The molecule has 2 aromatic rings. The van der Waals surface area contributed by atoms with Crippen molar-refractivity contribution in [3.05, 3.63) is 53.9 Å². The molecule has 0 radical (unpaired) electrons. The SMILES string of the molecule is Cc1cnccc1-c1ccc(F)cc1F. The number of nitrogens with zero attached hydrogens (tertiary/aromatic N) is 1. The summed E-state index contributed by atoms with van der Waals surface area (Å²) >= 11 is 0. The predicted octanol–water partition coefficient (Wildman–Crippen LogP) is 3.34. The quantitative estimate of drug-likeness (QED) is 0.695. The van der Waals surface area contributed by atoms with Crippen LogP contribution in [-0.2, 0) is 0 Å². The van der Waals surface area contributed by atoms with Gasteiger partial charge in [-0.1, -0.05) is 0 Å². The maximum absolute atomic E-state index is 13.5. The van der Waals surface area contributed by atoms with E-state index in [-0.39, 0.29) is 0 Å². The fourth-order valence-electron chi connectivity index (χ4n) is 1.48. The van der Waals surface area contributed by atoms with Crippen molar-refractivity contribution in [2.24, 2.45) is 0 Å². The van der Waals surface area contributed by atoms with E-state index in [1.807, 2.05) is 6.92 Å². The van der Waals surface area contributed by atoms with E-state index in [4.69, 9.17) is 0 Å². The summed E-state index contributed by atoms with van der Waals surface area (Å²) < 4.78 is 26.2. The standard InChI is InChI=1S/C12H9F2N/c1-8-7-15-5-4-10(8)11-3-2-9(13)6-12(11)14/h2-7H,1H3. The molecule has 76 valence electrons. The molecule has 1 aromatic carbocycles. The molecule has 0 spiro atoms. The number of hydrogen-bond donors (Lipinski definition) is 0. The maximum Gasteiger partial charge on any atom is 0.133 e. The van der Waals surface area contributed by atoms with Crippen molar-refractivity contribution >= 4 is 0 Å². The Balaban J connectivity index is 2.60. The second-order valence-electron chi connectivity index (χ2n) is 3.31. The average Bonchev–Trinajstić information content (AvgIpc) is 2.20. The summed E-state index contributed by atoms with van der Waals surface area (Å²) in [6.07, 6.45) is 3.24. The highest BCUT2D eigenvalue weighted by Gasteiger charge is 2.07. The lowest BCUT2D eigenvalue weighted by Crippen LogP contribution is -1.89. The number of aryl methyl sites for hydroxylation is 1. The van der Waals surface area contributed by atoms with E-state index in [0.29, 0.717) is 5.56 Å². The molecule has 0 aliphatic rings. The summed E-state index contributed by atoms with van der Waals surface area (Å²) in [6, 6.07) is 5.28. The Hall–Kier alpha value is -1.77. The molecule has 0 N–H and O–H groups in total. The van der Waals surface area contributed by atoms with Gasteiger partial charge in [-0.25, -0.2) is 8.78 Å². The molecule has 1 aromatic heterocycles. The zero-order valence-electron chi connectivity index (χ0n) is 8.17. The monoisotopic (exact) mass is 205 g/mol. The van der Waals surface area contributed by atoms with Gasteiger partial charge in [0.1, 0.15) is 11.6 Å². The average molecular weight is 205 g/mol. The Morgan fingerprint density at radius 3 is 2.53 bits per heavy atom. The van der Waals surface area contributed by atoms with Gasteiger partial charge in [-0.05, 0) is 36.2 Å². The normalized spacial score (nSPS) is 10.3. The van der Waals surface area contributed by atoms with Gasteiger partial charge < -0.3 is 0 Å². The molecule has 0 aliphatic carbocycles. The zero-order chi connectivity index (χ0) is 10.8. The summed E-state index contributed by atoms with van der Waals surface area (Å²) in [4.78, 5) is 3.92. The zero-order valence-corrected chi connectivity index (χ0v) is 8.17. The minimum atomic E-state index is -0.567. The van der Waals surface area contributed by atoms with Gasteiger partial charge in [-0.3, -0.25) is 4.98 Å². The summed E-state index contributed by atoms with van der Waals surface area (Å²) in [7, 11) is 0. The molecule has 2 rings (SSSR count). The van der Waals surface area contributed by atoms with E-state index in [0.717, 1.165) is 17.2 Å². The molecule has 0 atom stereocenters. The Labute approximate surface area is 86.4 Å². The highest BCUT2D eigenvalue weighted by atomic mass is 19.1. The van der Waals surface area contributed by atoms with Crippen LogP contribution in [0.5, 0.6) is 0 Å². The Morgan fingerprint density at radius 2 is 1.87 bits per heavy atom. The Kier molecular flexibility index (Phi) is 2.46. The molecule has 1 nitrogen and oxygen atoms in total. The smallest absolute Gasteiger partial charge is 0.133 e. The van der Waals surface area contributed by atoms with Crippen molar-refractivity contribution < 1.29 is 8.78 Å². The first-order chi connectivity index (χ1) is 7.18. The van der Waals surface area contributed by atoms with Crippen LogP contribution in [0.15, 0.2) is 36.7 Å².